The Morgan fingerprint density at radius 2 is 2.08 bits per heavy atom. The molecule has 0 aliphatic carbocycles. The van der Waals surface area contributed by atoms with Crippen LogP contribution in [0.5, 0.6) is 0 Å². The van der Waals surface area contributed by atoms with E-state index in [2.05, 4.69) is 31.8 Å². The van der Waals surface area contributed by atoms with Crippen LogP contribution >= 0.6 is 27.5 Å². The van der Waals surface area contributed by atoms with E-state index < -0.39 is 6.03 Å². The Labute approximate surface area is 158 Å². The van der Waals surface area contributed by atoms with Gasteiger partial charge in [0.15, 0.2) is 0 Å². The van der Waals surface area contributed by atoms with Crippen molar-refractivity contribution >= 4 is 56.4 Å². The Hall–Kier alpha value is -2.31. The predicted octanol–water partition coefficient (Wildman–Crippen LogP) is 5.23. The second kappa shape index (κ2) is 7.72. The molecule has 0 saturated carbocycles. The number of hydrogen-bond donors (Lipinski definition) is 2. The first kappa shape index (κ1) is 17.5. The second-order valence-electron chi connectivity index (χ2n) is 5.30. The highest BCUT2D eigenvalue weighted by Crippen LogP contribution is 2.28. The van der Waals surface area contributed by atoms with Crippen molar-refractivity contribution < 1.29 is 4.79 Å². The molecule has 25 heavy (non-hydrogen) atoms. The number of hydrogen-bond acceptors (Lipinski definition) is 2. The fraction of sp³-hybridized carbons (Fsp3) is 0.111. The third kappa shape index (κ3) is 3.86. The van der Waals surface area contributed by atoms with Crippen LogP contribution in [0.2, 0.25) is 5.15 Å². The highest BCUT2D eigenvalue weighted by atomic mass is 79.9. The number of benzene rings is 2. The van der Waals surface area contributed by atoms with Crippen LogP contribution in [-0.4, -0.2) is 16.8 Å². The summed E-state index contributed by atoms with van der Waals surface area (Å²) >= 11 is 9.81. The van der Waals surface area contributed by atoms with Gasteiger partial charge in [0.25, 0.3) is 0 Å². The summed E-state index contributed by atoms with van der Waals surface area (Å²) in [6.07, 6.45) is 1.57. The molecule has 0 radical (unpaired) electrons. The van der Waals surface area contributed by atoms with Gasteiger partial charge in [-0.05, 0) is 31.2 Å². The fourth-order valence-corrected chi connectivity index (χ4v) is 3.37. The first-order chi connectivity index (χ1) is 12.1. The molecule has 0 aliphatic rings. The molecule has 2 N–H and O–H groups in total. The van der Waals surface area contributed by atoms with Crippen LogP contribution in [0.25, 0.3) is 10.9 Å². The molecule has 0 aliphatic heterocycles. The normalized spacial score (nSPS) is 11.2. The maximum Gasteiger partial charge on any atom is 0.339 e. The number of carbonyl (C=O) groups is 1. The molecular formula is C18H16BrClN4O. The van der Waals surface area contributed by atoms with Crippen molar-refractivity contribution in [1.82, 2.24) is 9.99 Å². The topological polar surface area (TPSA) is 58.4 Å². The smallest absolute Gasteiger partial charge is 0.331 e. The van der Waals surface area contributed by atoms with E-state index in [1.807, 2.05) is 47.9 Å². The Bertz CT molecular complexity index is 951. The van der Waals surface area contributed by atoms with Crippen molar-refractivity contribution in [2.45, 2.75) is 13.5 Å². The van der Waals surface area contributed by atoms with Gasteiger partial charge in [0.1, 0.15) is 5.15 Å². The minimum Gasteiger partial charge on any atom is -0.331 e. The molecule has 1 heterocycles. The predicted molar refractivity (Wildman–Crippen MR) is 107 cm³/mol. The zero-order chi connectivity index (χ0) is 17.8. The lowest BCUT2D eigenvalue weighted by Crippen LogP contribution is -2.24. The average molecular weight is 420 g/mol. The molecule has 0 spiro atoms. The fourth-order valence-electron chi connectivity index (χ4n) is 2.61. The number of aryl methyl sites for hydroxylation is 1. The summed E-state index contributed by atoms with van der Waals surface area (Å²) in [4.78, 5) is 11.9. The Morgan fingerprint density at radius 3 is 2.84 bits per heavy atom. The molecule has 5 nitrogen and oxygen atoms in total. The minimum absolute atomic E-state index is 0.426. The number of urea groups is 1. The van der Waals surface area contributed by atoms with Crippen molar-refractivity contribution in [1.29, 1.82) is 0 Å². The van der Waals surface area contributed by atoms with Gasteiger partial charge in [0.05, 0.1) is 6.21 Å². The molecule has 0 unspecified atom stereocenters. The van der Waals surface area contributed by atoms with Crippen molar-refractivity contribution in [2.24, 2.45) is 5.10 Å². The molecule has 1 aromatic heterocycles. The van der Waals surface area contributed by atoms with Gasteiger partial charge in [-0.2, -0.15) is 5.10 Å². The molecule has 0 atom stereocenters. The lowest BCUT2D eigenvalue weighted by Gasteiger charge is -2.04. The number of anilines is 1. The third-order valence-electron chi connectivity index (χ3n) is 3.70. The van der Waals surface area contributed by atoms with Crippen molar-refractivity contribution in [3.63, 3.8) is 0 Å². The van der Waals surface area contributed by atoms with Crippen LogP contribution in [0.3, 0.4) is 0 Å². The van der Waals surface area contributed by atoms with E-state index in [-0.39, 0.29) is 0 Å². The highest BCUT2D eigenvalue weighted by molar-refractivity contribution is 9.10. The molecule has 3 aromatic rings. The number of halogens is 2. The van der Waals surface area contributed by atoms with Crippen LogP contribution in [0, 0.1) is 0 Å². The molecule has 2 amide bonds. The monoisotopic (exact) mass is 418 g/mol. The van der Waals surface area contributed by atoms with Gasteiger partial charge < -0.3 is 9.88 Å². The molecule has 0 fully saturated rings. The van der Waals surface area contributed by atoms with Gasteiger partial charge in [0.2, 0.25) is 0 Å². The Balaban J connectivity index is 1.75. The number of nitrogens with zero attached hydrogens (tertiary/aromatic N) is 2. The van der Waals surface area contributed by atoms with E-state index in [0.29, 0.717) is 10.8 Å². The van der Waals surface area contributed by atoms with E-state index in [1.165, 1.54) is 0 Å². The average Bonchev–Trinajstić information content (AvgIpc) is 2.86. The minimum atomic E-state index is -0.426. The van der Waals surface area contributed by atoms with Crippen LogP contribution in [0.15, 0.2) is 58.1 Å². The number of hydrazone groups is 1. The summed E-state index contributed by atoms with van der Waals surface area (Å²) in [6.45, 7) is 2.78. The molecule has 128 valence electrons. The van der Waals surface area contributed by atoms with E-state index in [9.17, 15) is 4.79 Å². The van der Waals surface area contributed by atoms with E-state index in [0.717, 1.165) is 27.5 Å². The number of nitrogens with one attached hydrogen (secondary N) is 2. The van der Waals surface area contributed by atoms with Crippen LogP contribution in [0.1, 0.15) is 12.5 Å². The van der Waals surface area contributed by atoms with Gasteiger partial charge in [-0.15, -0.1) is 0 Å². The van der Waals surface area contributed by atoms with Gasteiger partial charge in [0, 0.05) is 33.2 Å². The summed E-state index contributed by atoms with van der Waals surface area (Å²) in [5.74, 6) is 0. The van der Waals surface area contributed by atoms with Crippen LogP contribution in [-0.2, 0) is 6.54 Å². The molecule has 2 aromatic carbocycles. The first-order valence-corrected chi connectivity index (χ1v) is 8.89. The zero-order valence-electron chi connectivity index (χ0n) is 13.5. The summed E-state index contributed by atoms with van der Waals surface area (Å²) in [5, 5.41) is 8.32. The van der Waals surface area contributed by atoms with Crippen LogP contribution in [0.4, 0.5) is 10.5 Å². The quantitative estimate of drug-likeness (QED) is 0.441. The van der Waals surface area contributed by atoms with Gasteiger partial charge in [-0.1, -0.05) is 51.8 Å². The number of rotatable bonds is 4. The number of fused-ring (bicyclic) bond motifs is 1. The third-order valence-corrected chi connectivity index (χ3v) is 4.60. The highest BCUT2D eigenvalue weighted by Gasteiger charge is 2.12. The number of para-hydroxylation sites is 1. The van der Waals surface area contributed by atoms with Crippen molar-refractivity contribution in [3.8, 4) is 0 Å². The summed E-state index contributed by atoms with van der Waals surface area (Å²) in [6, 6.07) is 14.8. The maximum atomic E-state index is 11.9. The van der Waals surface area contributed by atoms with E-state index in [4.69, 9.17) is 11.6 Å². The van der Waals surface area contributed by atoms with Crippen molar-refractivity contribution in [2.75, 3.05) is 5.32 Å². The van der Waals surface area contributed by atoms with Gasteiger partial charge in [-0.25, -0.2) is 10.2 Å². The maximum absolute atomic E-state index is 11.9. The van der Waals surface area contributed by atoms with Crippen molar-refractivity contribution in [3.05, 3.63) is 63.7 Å². The largest absolute Gasteiger partial charge is 0.339 e. The summed E-state index contributed by atoms with van der Waals surface area (Å²) < 4.78 is 2.88. The number of aromatic nitrogens is 1. The molecule has 0 saturated heterocycles. The Kier molecular flexibility index (Phi) is 5.40. The number of carbonyl (C=O) groups excluding carboxylic acids is 1. The van der Waals surface area contributed by atoms with Gasteiger partial charge >= 0.3 is 6.03 Å². The standard InChI is InChI=1S/C18H16BrClN4O/c1-2-24-16-9-4-3-8-14(16)15(17(24)20)11-21-23-18(25)22-13-7-5-6-12(19)10-13/h3-11H,2H2,1H3,(H2,22,23,25). The molecule has 7 heteroatoms. The van der Waals surface area contributed by atoms with E-state index >= 15 is 0 Å². The molecule has 0 bridgehead atoms. The van der Waals surface area contributed by atoms with Crippen LogP contribution < -0.4 is 10.7 Å². The number of amides is 2. The molecule has 3 rings (SSSR count). The second-order valence-corrected chi connectivity index (χ2v) is 6.57. The van der Waals surface area contributed by atoms with E-state index in [1.54, 1.807) is 18.3 Å². The summed E-state index contributed by atoms with van der Waals surface area (Å²) in [5.41, 5.74) is 4.94. The summed E-state index contributed by atoms with van der Waals surface area (Å²) in [7, 11) is 0. The first-order valence-electron chi connectivity index (χ1n) is 7.72. The Morgan fingerprint density at radius 1 is 1.28 bits per heavy atom. The lowest BCUT2D eigenvalue weighted by molar-refractivity contribution is 0.252. The zero-order valence-corrected chi connectivity index (χ0v) is 15.8. The lowest BCUT2D eigenvalue weighted by atomic mass is 10.2. The van der Waals surface area contributed by atoms with Gasteiger partial charge in [-0.3, -0.25) is 0 Å². The SMILES string of the molecule is CCn1c(Cl)c(C=NNC(=O)Nc2cccc(Br)c2)c2ccccc21. The molecular weight excluding hydrogens is 404 g/mol.